The number of allylic oxidation sites excluding steroid dienone is 3. The monoisotopic (exact) mass is 281 g/mol. The topological polar surface area (TPSA) is 69.6 Å². The second-order valence-electron chi connectivity index (χ2n) is 5.20. The fraction of sp³-hybridized carbons (Fsp3) is 0.562. The number of hydrogen-bond donors (Lipinski definition) is 3. The zero-order valence-electron chi connectivity index (χ0n) is 12.6. The third-order valence-electron chi connectivity index (χ3n) is 2.42. The summed E-state index contributed by atoms with van der Waals surface area (Å²) in [6.07, 6.45) is 10.1. The summed E-state index contributed by atoms with van der Waals surface area (Å²) in [7, 11) is 0. The van der Waals surface area contributed by atoms with Gasteiger partial charge in [-0.25, -0.2) is 0 Å². The quantitative estimate of drug-likeness (QED) is 0.447. The minimum atomic E-state index is -0.544. The van der Waals surface area contributed by atoms with E-state index in [4.69, 9.17) is 5.11 Å². The van der Waals surface area contributed by atoms with Crippen molar-refractivity contribution in [3.63, 3.8) is 0 Å². The lowest BCUT2D eigenvalue weighted by molar-refractivity contribution is -0.116. The summed E-state index contributed by atoms with van der Waals surface area (Å²) in [5, 5.41) is 21.4. The number of amides is 1. The predicted octanol–water partition coefficient (Wildman–Crippen LogP) is 1.95. The van der Waals surface area contributed by atoms with E-state index in [2.05, 4.69) is 5.32 Å². The number of carbonyl (C=O) groups is 1. The molecule has 0 saturated carbocycles. The number of rotatable bonds is 9. The van der Waals surface area contributed by atoms with E-state index in [-0.39, 0.29) is 5.91 Å². The van der Waals surface area contributed by atoms with Crippen LogP contribution in [0.1, 0.15) is 33.6 Å². The van der Waals surface area contributed by atoms with Crippen LogP contribution in [0.5, 0.6) is 0 Å². The molecule has 0 bridgehead atoms. The van der Waals surface area contributed by atoms with Crippen LogP contribution in [0.15, 0.2) is 36.5 Å². The standard InChI is InChI=1S/C16H27NO3/c1-13(2)12-17-16(20)11-7-6-10-15(19)9-5-4-8-14(3)18/h4-5,7-9,11,13-15,18-19H,6,10,12H2,1-3H3,(H,17,20)/b8-4+,9-5+,11-7+. The summed E-state index contributed by atoms with van der Waals surface area (Å²) >= 11 is 0. The molecular weight excluding hydrogens is 254 g/mol. The number of aliphatic hydroxyl groups is 2. The van der Waals surface area contributed by atoms with Crippen LogP contribution >= 0.6 is 0 Å². The lowest BCUT2D eigenvalue weighted by Crippen LogP contribution is -2.25. The molecule has 0 rings (SSSR count). The van der Waals surface area contributed by atoms with Gasteiger partial charge in [0, 0.05) is 6.54 Å². The Morgan fingerprint density at radius 2 is 1.80 bits per heavy atom. The lowest BCUT2D eigenvalue weighted by Gasteiger charge is -2.04. The highest BCUT2D eigenvalue weighted by atomic mass is 16.3. The van der Waals surface area contributed by atoms with Gasteiger partial charge in [-0.2, -0.15) is 0 Å². The van der Waals surface area contributed by atoms with Crippen LogP contribution in [0.25, 0.3) is 0 Å². The molecule has 0 aliphatic rings. The molecule has 4 heteroatoms. The zero-order chi connectivity index (χ0) is 15.4. The van der Waals surface area contributed by atoms with Crippen LogP contribution in [0, 0.1) is 5.92 Å². The van der Waals surface area contributed by atoms with Crippen molar-refractivity contribution in [2.45, 2.75) is 45.8 Å². The molecular formula is C16H27NO3. The Bertz CT molecular complexity index is 344. The van der Waals surface area contributed by atoms with Crippen molar-refractivity contribution in [2.75, 3.05) is 6.54 Å². The van der Waals surface area contributed by atoms with Crippen molar-refractivity contribution in [3.05, 3.63) is 36.5 Å². The highest BCUT2D eigenvalue weighted by molar-refractivity contribution is 5.87. The predicted molar refractivity (Wildman–Crippen MR) is 82.2 cm³/mol. The van der Waals surface area contributed by atoms with Gasteiger partial charge in [0.15, 0.2) is 0 Å². The van der Waals surface area contributed by atoms with Crippen LogP contribution in [0.4, 0.5) is 0 Å². The van der Waals surface area contributed by atoms with E-state index in [0.717, 1.165) is 0 Å². The summed E-state index contributed by atoms with van der Waals surface area (Å²) in [5.41, 5.74) is 0. The Morgan fingerprint density at radius 3 is 2.40 bits per heavy atom. The molecule has 2 unspecified atom stereocenters. The number of aliphatic hydroxyl groups excluding tert-OH is 2. The van der Waals surface area contributed by atoms with Gasteiger partial charge < -0.3 is 15.5 Å². The Labute approximate surface area is 121 Å². The third-order valence-corrected chi connectivity index (χ3v) is 2.42. The van der Waals surface area contributed by atoms with Crippen LogP contribution in [-0.4, -0.2) is 34.9 Å². The van der Waals surface area contributed by atoms with Gasteiger partial charge >= 0.3 is 0 Å². The Morgan fingerprint density at radius 1 is 1.15 bits per heavy atom. The molecule has 0 aromatic carbocycles. The van der Waals surface area contributed by atoms with E-state index >= 15 is 0 Å². The van der Waals surface area contributed by atoms with Crippen molar-refractivity contribution in [1.82, 2.24) is 5.32 Å². The summed E-state index contributed by atoms with van der Waals surface area (Å²) in [5.74, 6) is 0.345. The zero-order valence-corrected chi connectivity index (χ0v) is 12.6. The maximum absolute atomic E-state index is 11.4. The average molecular weight is 281 g/mol. The Kier molecular flexibility index (Phi) is 10.6. The summed E-state index contributed by atoms with van der Waals surface area (Å²) in [6, 6.07) is 0. The van der Waals surface area contributed by atoms with Gasteiger partial charge in [0.25, 0.3) is 0 Å². The summed E-state index contributed by atoms with van der Waals surface area (Å²) < 4.78 is 0. The van der Waals surface area contributed by atoms with Crippen molar-refractivity contribution in [2.24, 2.45) is 5.92 Å². The number of nitrogens with one attached hydrogen (secondary N) is 1. The molecule has 0 aliphatic heterocycles. The minimum absolute atomic E-state index is 0.0939. The first-order valence-electron chi connectivity index (χ1n) is 7.07. The molecule has 0 saturated heterocycles. The van der Waals surface area contributed by atoms with Crippen molar-refractivity contribution < 1.29 is 15.0 Å². The van der Waals surface area contributed by atoms with Gasteiger partial charge in [0.2, 0.25) is 5.91 Å². The molecule has 0 aromatic rings. The summed E-state index contributed by atoms with van der Waals surface area (Å²) in [6.45, 7) is 6.41. The van der Waals surface area contributed by atoms with Gasteiger partial charge in [-0.1, -0.05) is 44.2 Å². The minimum Gasteiger partial charge on any atom is -0.389 e. The molecule has 2 atom stereocenters. The van der Waals surface area contributed by atoms with E-state index in [0.29, 0.717) is 25.3 Å². The smallest absolute Gasteiger partial charge is 0.243 e. The van der Waals surface area contributed by atoms with Crippen molar-refractivity contribution in [3.8, 4) is 0 Å². The third kappa shape index (κ3) is 13.1. The summed E-state index contributed by atoms with van der Waals surface area (Å²) in [4.78, 5) is 11.4. The fourth-order valence-corrected chi connectivity index (χ4v) is 1.33. The van der Waals surface area contributed by atoms with Gasteiger partial charge in [-0.3, -0.25) is 4.79 Å². The first-order chi connectivity index (χ1) is 9.41. The average Bonchev–Trinajstić information content (AvgIpc) is 2.37. The first-order valence-corrected chi connectivity index (χ1v) is 7.07. The van der Waals surface area contributed by atoms with Crippen molar-refractivity contribution in [1.29, 1.82) is 0 Å². The maximum Gasteiger partial charge on any atom is 0.243 e. The number of hydrogen-bond acceptors (Lipinski definition) is 3. The van der Waals surface area contributed by atoms with Crippen LogP contribution in [-0.2, 0) is 4.79 Å². The van der Waals surface area contributed by atoms with Gasteiger partial charge in [-0.15, -0.1) is 0 Å². The molecule has 3 N–H and O–H groups in total. The Hall–Kier alpha value is -1.39. The highest BCUT2D eigenvalue weighted by Crippen LogP contribution is 2.00. The second kappa shape index (κ2) is 11.4. The molecule has 1 amide bonds. The van der Waals surface area contributed by atoms with E-state index < -0.39 is 12.2 Å². The normalized spacial score (nSPS) is 15.5. The molecule has 0 aromatic heterocycles. The van der Waals surface area contributed by atoms with Crippen LogP contribution in [0.3, 0.4) is 0 Å². The molecule has 0 aliphatic carbocycles. The van der Waals surface area contributed by atoms with Gasteiger partial charge in [-0.05, 0) is 31.8 Å². The fourth-order valence-electron chi connectivity index (χ4n) is 1.33. The molecule has 4 nitrogen and oxygen atoms in total. The molecule has 0 radical (unpaired) electrons. The molecule has 0 heterocycles. The molecule has 114 valence electrons. The molecule has 0 fully saturated rings. The van der Waals surface area contributed by atoms with Crippen molar-refractivity contribution >= 4 is 5.91 Å². The van der Waals surface area contributed by atoms with Gasteiger partial charge in [0.1, 0.15) is 0 Å². The van der Waals surface area contributed by atoms with Gasteiger partial charge in [0.05, 0.1) is 12.2 Å². The van der Waals surface area contributed by atoms with Crippen LogP contribution < -0.4 is 5.32 Å². The SMILES string of the molecule is CC(O)/C=C/C=C/C(O)CC/C=C/C(=O)NCC(C)C. The van der Waals surface area contributed by atoms with E-state index in [1.165, 1.54) is 6.08 Å². The van der Waals surface area contributed by atoms with Crippen LogP contribution in [0.2, 0.25) is 0 Å². The molecule has 0 spiro atoms. The van der Waals surface area contributed by atoms with E-state index in [9.17, 15) is 9.90 Å². The van der Waals surface area contributed by atoms with E-state index in [1.807, 2.05) is 13.8 Å². The molecule has 20 heavy (non-hydrogen) atoms. The highest BCUT2D eigenvalue weighted by Gasteiger charge is 1.98. The lowest BCUT2D eigenvalue weighted by atomic mass is 10.1. The first kappa shape index (κ1) is 18.6. The Balaban J connectivity index is 3.79. The largest absolute Gasteiger partial charge is 0.389 e. The second-order valence-corrected chi connectivity index (χ2v) is 5.20. The number of carbonyl (C=O) groups excluding carboxylic acids is 1. The van der Waals surface area contributed by atoms with E-state index in [1.54, 1.807) is 37.3 Å². The maximum atomic E-state index is 11.4.